The van der Waals surface area contributed by atoms with Crippen LogP contribution in [0.25, 0.3) is 0 Å². The molecule has 0 radical (unpaired) electrons. The van der Waals surface area contributed by atoms with Crippen LogP contribution in [0.1, 0.15) is 39.0 Å². The lowest BCUT2D eigenvalue weighted by Crippen LogP contribution is -2.15. The van der Waals surface area contributed by atoms with Crippen LogP contribution in [0.4, 0.5) is 5.69 Å². The second-order valence-corrected chi connectivity index (χ2v) is 6.30. The van der Waals surface area contributed by atoms with Gasteiger partial charge in [0.1, 0.15) is 10.6 Å². The minimum atomic E-state index is -3.85. The molecule has 0 unspecified atom stereocenters. The highest BCUT2D eigenvalue weighted by Crippen LogP contribution is 2.26. The highest BCUT2D eigenvalue weighted by atomic mass is 32.2. The topological polar surface area (TPSA) is 98.5 Å². The summed E-state index contributed by atoms with van der Waals surface area (Å²) in [7, 11) is -2.50. The van der Waals surface area contributed by atoms with E-state index in [9.17, 15) is 13.2 Å². The third kappa shape index (κ3) is 5.73. The fraction of sp³-hybridized carbons (Fsp3) is 0.500. The van der Waals surface area contributed by atoms with Crippen LogP contribution in [0.15, 0.2) is 23.1 Å². The molecule has 0 fully saturated rings. The Kier molecular flexibility index (Phi) is 6.64. The number of nitrogens with one attached hydrogen (secondary N) is 1. The number of primary sulfonamides is 1. The molecule has 1 rings (SSSR count). The maximum absolute atomic E-state index is 11.8. The Bertz CT molecular complexity index is 585. The third-order valence-corrected chi connectivity index (χ3v) is 3.96. The highest BCUT2D eigenvalue weighted by molar-refractivity contribution is 7.89. The molecule has 0 saturated carbocycles. The number of hydrogen-bond donors (Lipinski definition) is 2. The Morgan fingerprint density at radius 2 is 2.00 bits per heavy atom. The average Bonchev–Trinajstić information content (AvgIpc) is 2.42. The predicted octanol–water partition coefficient (Wildman–Crippen LogP) is 2.25. The molecule has 118 valence electrons. The van der Waals surface area contributed by atoms with Gasteiger partial charge < -0.3 is 10.1 Å². The standard InChI is InChI=1S/C14H22N2O4S/c1-3-4-5-6-7-14(17)16-11-8-9-13(21(15,18)19)12(10-11)20-2/h8-10H,3-7H2,1-2H3,(H,16,17)(H2,15,18,19). The summed E-state index contributed by atoms with van der Waals surface area (Å²) < 4.78 is 27.7. The SMILES string of the molecule is CCCCCCC(=O)Nc1ccc(S(N)(=O)=O)c(OC)c1. The van der Waals surface area contributed by atoms with Gasteiger partial charge in [0, 0.05) is 18.2 Å². The molecular formula is C14H22N2O4S. The molecule has 0 atom stereocenters. The van der Waals surface area contributed by atoms with Gasteiger partial charge in [0.2, 0.25) is 15.9 Å². The number of benzene rings is 1. The van der Waals surface area contributed by atoms with E-state index < -0.39 is 10.0 Å². The number of carbonyl (C=O) groups excluding carboxylic acids is 1. The van der Waals surface area contributed by atoms with Crippen molar-refractivity contribution in [2.75, 3.05) is 12.4 Å². The van der Waals surface area contributed by atoms with Gasteiger partial charge in [-0.25, -0.2) is 13.6 Å². The second-order valence-electron chi connectivity index (χ2n) is 4.77. The van der Waals surface area contributed by atoms with Gasteiger partial charge in [-0.3, -0.25) is 4.79 Å². The van der Waals surface area contributed by atoms with Gasteiger partial charge in [-0.05, 0) is 18.6 Å². The summed E-state index contributed by atoms with van der Waals surface area (Å²) in [6.45, 7) is 2.11. The Morgan fingerprint density at radius 1 is 1.29 bits per heavy atom. The summed E-state index contributed by atoms with van der Waals surface area (Å²) >= 11 is 0. The van der Waals surface area contributed by atoms with E-state index in [1.165, 1.54) is 25.3 Å². The van der Waals surface area contributed by atoms with Gasteiger partial charge in [0.15, 0.2) is 0 Å². The van der Waals surface area contributed by atoms with E-state index in [0.717, 1.165) is 25.7 Å². The lowest BCUT2D eigenvalue weighted by atomic mass is 10.1. The first kappa shape index (κ1) is 17.5. The molecule has 0 aromatic heterocycles. The van der Waals surface area contributed by atoms with Crippen molar-refractivity contribution in [3.05, 3.63) is 18.2 Å². The summed E-state index contributed by atoms with van der Waals surface area (Å²) in [5.74, 6) is 0.0118. The molecule has 3 N–H and O–H groups in total. The van der Waals surface area contributed by atoms with E-state index in [2.05, 4.69) is 12.2 Å². The number of sulfonamides is 1. The molecule has 21 heavy (non-hydrogen) atoms. The van der Waals surface area contributed by atoms with Crippen LogP contribution in [0, 0.1) is 0 Å². The minimum Gasteiger partial charge on any atom is -0.495 e. The van der Waals surface area contributed by atoms with E-state index in [-0.39, 0.29) is 16.6 Å². The number of rotatable bonds is 8. The molecule has 0 heterocycles. The number of carbonyl (C=O) groups is 1. The van der Waals surface area contributed by atoms with E-state index in [0.29, 0.717) is 12.1 Å². The highest BCUT2D eigenvalue weighted by Gasteiger charge is 2.15. The number of amides is 1. The number of methoxy groups -OCH3 is 1. The van der Waals surface area contributed by atoms with Crippen molar-refractivity contribution in [3.63, 3.8) is 0 Å². The van der Waals surface area contributed by atoms with Crippen molar-refractivity contribution < 1.29 is 17.9 Å². The molecular weight excluding hydrogens is 292 g/mol. The van der Waals surface area contributed by atoms with Gasteiger partial charge in [0.05, 0.1) is 7.11 Å². The summed E-state index contributed by atoms with van der Waals surface area (Å²) in [5, 5.41) is 7.80. The van der Waals surface area contributed by atoms with Crippen molar-refractivity contribution >= 4 is 21.6 Å². The number of unbranched alkanes of at least 4 members (excludes halogenated alkanes) is 3. The Morgan fingerprint density at radius 3 is 2.57 bits per heavy atom. The van der Waals surface area contributed by atoms with Crippen LogP contribution >= 0.6 is 0 Å². The van der Waals surface area contributed by atoms with Crippen LogP contribution in [-0.4, -0.2) is 21.4 Å². The second kappa shape index (κ2) is 7.99. The largest absolute Gasteiger partial charge is 0.495 e. The van der Waals surface area contributed by atoms with E-state index in [1.807, 2.05) is 0 Å². The number of anilines is 1. The van der Waals surface area contributed by atoms with E-state index in [4.69, 9.17) is 9.88 Å². The quantitative estimate of drug-likeness (QED) is 0.719. The van der Waals surface area contributed by atoms with Gasteiger partial charge in [-0.15, -0.1) is 0 Å². The van der Waals surface area contributed by atoms with Crippen LogP contribution in [0.5, 0.6) is 5.75 Å². The molecule has 1 aromatic rings. The first-order valence-electron chi connectivity index (χ1n) is 6.89. The van der Waals surface area contributed by atoms with Gasteiger partial charge in [0.25, 0.3) is 0 Å². The Balaban J connectivity index is 2.71. The molecule has 0 saturated heterocycles. The fourth-order valence-corrected chi connectivity index (χ4v) is 2.60. The van der Waals surface area contributed by atoms with E-state index in [1.54, 1.807) is 0 Å². The summed E-state index contributed by atoms with van der Waals surface area (Å²) in [5.41, 5.74) is 0.486. The van der Waals surface area contributed by atoms with Crippen LogP contribution in [-0.2, 0) is 14.8 Å². The predicted molar refractivity (Wildman–Crippen MR) is 81.8 cm³/mol. The van der Waals surface area contributed by atoms with Gasteiger partial charge in [-0.2, -0.15) is 0 Å². The van der Waals surface area contributed by atoms with Crippen molar-refractivity contribution in [3.8, 4) is 5.75 Å². The minimum absolute atomic E-state index is 0.100. The van der Waals surface area contributed by atoms with Gasteiger partial charge in [-0.1, -0.05) is 26.2 Å². The fourth-order valence-electron chi connectivity index (χ4n) is 1.92. The molecule has 0 spiro atoms. The third-order valence-electron chi connectivity index (χ3n) is 3.01. The number of nitrogens with two attached hydrogens (primary N) is 1. The van der Waals surface area contributed by atoms with Crippen molar-refractivity contribution in [1.82, 2.24) is 0 Å². The number of hydrogen-bond acceptors (Lipinski definition) is 4. The molecule has 6 nitrogen and oxygen atoms in total. The maximum Gasteiger partial charge on any atom is 0.241 e. The van der Waals surface area contributed by atoms with Crippen LogP contribution in [0.2, 0.25) is 0 Å². The first-order valence-corrected chi connectivity index (χ1v) is 8.43. The molecule has 0 aliphatic rings. The zero-order chi connectivity index (χ0) is 15.9. The average molecular weight is 314 g/mol. The first-order chi connectivity index (χ1) is 9.88. The summed E-state index contributed by atoms with van der Waals surface area (Å²) in [6, 6.07) is 4.26. The Hall–Kier alpha value is -1.60. The van der Waals surface area contributed by atoms with Crippen molar-refractivity contribution in [1.29, 1.82) is 0 Å². The van der Waals surface area contributed by atoms with Crippen molar-refractivity contribution in [2.24, 2.45) is 5.14 Å². The van der Waals surface area contributed by atoms with Crippen LogP contribution < -0.4 is 15.2 Å². The zero-order valence-corrected chi connectivity index (χ0v) is 13.2. The smallest absolute Gasteiger partial charge is 0.241 e. The molecule has 1 aromatic carbocycles. The molecule has 0 aliphatic heterocycles. The van der Waals surface area contributed by atoms with Crippen molar-refractivity contribution in [2.45, 2.75) is 43.9 Å². The lowest BCUT2D eigenvalue weighted by molar-refractivity contribution is -0.116. The molecule has 1 amide bonds. The summed E-state index contributed by atoms with van der Waals surface area (Å²) in [4.78, 5) is 11.7. The maximum atomic E-state index is 11.8. The van der Waals surface area contributed by atoms with E-state index >= 15 is 0 Å². The molecule has 0 aliphatic carbocycles. The zero-order valence-electron chi connectivity index (χ0n) is 12.4. The number of ether oxygens (including phenoxy) is 1. The normalized spacial score (nSPS) is 11.2. The molecule has 7 heteroatoms. The summed E-state index contributed by atoms with van der Waals surface area (Å²) in [6.07, 6.45) is 4.54. The van der Waals surface area contributed by atoms with Gasteiger partial charge >= 0.3 is 0 Å². The lowest BCUT2D eigenvalue weighted by Gasteiger charge is -2.10. The Labute approximate surface area is 125 Å². The van der Waals surface area contributed by atoms with Crippen LogP contribution in [0.3, 0.4) is 0 Å². The molecule has 0 bridgehead atoms. The monoisotopic (exact) mass is 314 g/mol.